The van der Waals surface area contributed by atoms with Crippen molar-refractivity contribution < 1.29 is 19.1 Å². The summed E-state index contributed by atoms with van der Waals surface area (Å²) in [5, 5.41) is 4.54. The number of methoxy groups -OCH3 is 1. The molecule has 7 heteroatoms. The van der Waals surface area contributed by atoms with E-state index >= 15 is 0 Å². The van der Waals surface area contributed by atoms with Crippen LogP contribution in [0.15, 0.2) is 36.4 Å². The highest BCUT2D eigenvalue weighted by Gasteiger charge is 2.26. The van der Waals surface area contributed by atoms with E-state index in [2.05, 4.69) is 16.2 Å². The second-order valence-corrected chi connectivity index (χ2v) is 6.39. The molecule has 0 unspecified atom stereocenters. The van der Waals surface area contributed by atoms with E-state index in [-0.39, 0.29) is 6.04 Å². The van der Waals surface area contributed by atoms with E-state index in [1.165, 1.54) is 0 Å². The van der Waals surface area contributed by atoms with Gasteiger partial charge in [0.25, 0.3) is 0 Å². The van der Waals surface area contributed by atoms with Crippen LogP contribution in [0.5, 0.6) is 5.75 Å². The molecule has 1 fully saturated rings. The van der Waals surface area contributed by atoms with E-state index in [0.717, 1.165) is 34.9 Å². The van der Waals surface area contributed by atoms with E-state index in [0.29, 0.717) is 0 Å². The molecule has 1 saturated carbocycles. The highest BCUT2D eigenvalue weighted by atomic mass is 16.5. The van der Waals surface area contributed by atoms with Crippen LogP contribution < -0.4 is 20.9 Å². The standard InChI is InChI=1S/C19H21N3O4/c1-11(17(23)21-22-19(25)18(24)20-15-6-7-15)12-3-4-14-10-16(26-2)8-5-13(14)9-12/h3-5,8-11,15H,6-7H2,1-2H3,(H,20,24)(H,21,23)(H,22,25)/t11-/m0/s1. The van der Waals surface area contributed by atoms with Gasteiger partial charge in [-0.3, -0.25) is 25.2 Å². The van der Waals surface area contributed by atoms with Crippen molar-refractivity contribution in [1.82, 2.24) is 16.2 Å². The summed E-state index contributed by atoms with van der Waals surface area (Å²) in [5.74, 6) is -1.73. The van der Waals surface area contributed by atoms with Gasteiger partial charge < -0.3 is 10.1 Å². The topological polar surface area (TPSA) is 96.5 Å². The Morgan fingerprint density at radius 2 is 1.69 bits per heavy atom. The van der Waals surface area contributed by atoms with Crippen LogP contribution in [0.25, 0.3) is 10.8 Å². The molecule has 3 amide bonds. The van der Waals surface area contributed by atoms with Gasteiger partial charge >= 0.3 is 11.8 Å². The summed E-state index contributed by atoms with van der Waals surface area (Å²) in [5.41, 5.74) is 5.26. The molecule has 136 valence electrons. The molecule has 1 atom stereocenters. The molecule has 0 bridgehead atoms. The zero-order valence-corrected chi connectivity index (χ0v) is 14.7. The van der Waals surface area contributed by atoms with Crippen LogP contribution in [0, 0.1) is 0 Å². The zero-order valence-electron chi connectivity index (χ0n) is 14.7. The number of fused-ring (bicyclic) bond motifs is 1. The highest BCUT2D eigenvalue weighted by molar-refractivity contribution is 6.35. The second-order valence-electron chi connectivity index (χ2n) is 6.39. The zero-order chi connectivity index (χ0) is 18.7. The molecule has 26 heavy (non-hydrogen) atoms. The smallest absolute Gasteiger partial charge is 0.327 e. The van der Waals surface area contributed by atoms with E-state index in [4.69, 9.17) is 4.74 Å². The number of rotatable bonds is 4. The highest BCUT2D eigenvalue weighted by Crippen LogP contribution is 2.25. The van der Waals surface area contributed by atoms with Gasteiger partial charge in [0, 0.05) is 6.04 Å². The number of carbonyl (C=O) groups is 3. The molecule has 1 aliphatic carbocycles. The molecule has 0 heterocycles. The number of hydrogen-bond donors (Lipinski definition) is 3. The first-order valence-electron chi connectivity index (χ1n) is 8.46. The Morgan fingerprint density at radius 1 is 1.00 bits per heavy atom. The van der Waals surface area contributed by atoms with Crippen molar-refractivity contribution in [3.8, 4) is 5.75 Å². The molecular formula is C19H21N3O4. The Labute approximate surface area is 151 Å². The minimum atomic E-state index is -0.872. The molecule has 1 aliphatic rings. The van der Waals surface area contributed by atoms with Crippen LogP contribution >= 0.6 is 0 Å². The van der Waals surface area contributed by atoms with Gasteiger partial charge in [-0.2, -0.15) is 0 Å². The molecule has 0 aromatic heterocycles. The third-order valence-electron chi connectivity index (χ3n) is 4.38. The minimum Gasteiger partial charge on any atom is -0.497 e. The average Bonchev–Trinajstić information content (AvgIpc) is 3.48. The molecule has 0 aliphatic heterocycles. The van der Waals surface area contributed by atoms with Crippen molar-refractivity contribution in [3.05, 3.63) is 42.0 Å². The lowest BCUT2D eigenvalue weighted by atomic mass is 9.97. The maximum Gasteiger partial charge on any atom is 0.327 e. The van der Waals surface area contributed by atoms with Gasteiger partial charge in [0.2, 0.25) is 5.91 Å². The first-order chi connectivity index (χ1) is 12.5. The average molecular weight is 355 g/mol. The lowest BCUT2D eigenvalue weighted by Crippen LogP contribution is -2.49. The molecule has 3 N–H and O–H groups in total. The molecule has 3 rings (SSSR count). The van der Waals surface area contributed by atoms with Crippen molar-refractivity contribution in [2.24, 2.45) is 0 Å². The van der Waals surface area contributed by atoms with E-state index in [1.807, 2.05) is 36.4 Å². The minimum absolute atomic E-state index is 0.0825. The quantitative estimate of drug-likeness (QED) is 0.570. The monoisotopic (exact) mass is 355 g/mol. The fourth-order valence-electron chi connectivity index (χ4n) is 2.55. The number of hydrogen-bond acceptors (Lipinski definition) is 4. The Morgan fingerprint density at radius 3 is 2.38 bits per heavy atom. The Bertz CT molecular complexity index is 861. The Balaban J connectivity index is 1.61. The number of carbonyl (C=O) groups excluding carboxylic acids is 3. The van der Waals surface area contributed by atoms with Gasteiger partial charge in [0.05, 0.1) is 13.0 Å². The van der Waals surface area contributed by atoms with E-state index in [9.17, 15) is 14.4 Å². The van der Waals surface area contributed by atoms with Crippen molar-refractivity contribution in [1.29, 1.82) is 0 Å². The van der Waals surface area contributed by atoms with Crippen LogP contribution in [0.4, 0.5) is 0 Å². The van der Waals surface area contributed by atoms with Crippen molar-refractivity contribution in [2.45, 2.75) is 31.7 Å². The fraction of sp³-hybridized carbons (Fsp3) is 0.316. The number of ether oxygens (including phenoxy) is 1. The van der Waals surface area contributed by atoms with Gasteiger partial charge in [0.15, 0.2) is 0 Å². The third-order valence-corrected chi connectivity index (χ3v) is 4.38. The fourth-order valence-corrected chi connectivity index (χ4v) is 2.55. The largest absolute Gasteiger partial charge is 0.497 e. The van der Waals surface area contributed by atoms with E-state index < -0.39 is 23.6 Å². The lowest BCUT2D eigenvalue weighted by molar-refractivity contribution is -0.141. The molecule has 2 aromatic rings. The third kappa shape index (κ3) is 4.11. The second kappa shape index (κ2) is 7.43. The van der Waals surface area contributed by atoms with Crippen LogP contribution in [0.2, 0.25) is 0 Å². The summed E-state index contributed by atoms with van der Waals surface area (Å²) < 4.78 is 5.20. The maximum atomic E-state index is 12.3. The molecular weight excluding hydrogens is 334 g/mol. The predicted octanol–water partition coefficient (Wildman–Crippen LogP) is 1.38. The molecule has 2 aromatic carbocycles. The number of hydrazine groups is 1. The summed E-state index contributed by atoms with van der Waals surface area (Å²) >= 11 is 0. The van der Waals surface area contributed by atoms with Crippen molar-refractivity contribution >= 4 is 28.5 Å². The van der Waals surface area contributed by atoms with Crippen molar-refractivity contribution in [2.75, 3.05) is 7.11 Å². The number of amides is 3. The van der Waals surface area contributed by atoms with Crippen LogP contribution in [0.1, 0.15) is 31.2 Å². The Hall–Kier alpha value is -3.09. The molecule has 0 spiro atoms. The lowest BCUT2D eigenvalue weighted by Gasteiger charge is -2.14. The van der Waals surface area contributed by atoms with Gasteiger partial charge in [-0.1, -0.05) is 24.3 Å². The predicted molar refractivity (Wildman–Crippen MR) is 96.4 cm³/mol. The number of nitrogens with one attached hydrogen (secondary N) is 3. The van der Waals surface area contributed by atoms with E-state index in [1.54, 1.807) is 14.0 Å². The van der Waals surface area contributed by atoms with Gasteiger partial charge in [-0.15, -0.1) is 0 Å². The van der Waals surface area contributed by atoms with Gasteiger partial charge in [-0.25, -0.2) is 0 Å². The molecule has 0 radical (unpaired) electrons. The van der Waals surface area contributed by atoms with Crippen LogP contribution in [0.3, 0.4) is 0 Å². The molecule has 0 saturated heterocycles. The summed E-state index contributed by atoms with van der Waals surface area (Å²) in [6.45, 7) is 1.73. The Kier molecular flexibility index (Phi) is 5.06. The van der Waals surface area contributed by atoms with Gasteiger partial charge in [0.1, 0.15) is 5.75 Å². The number of benzene rings is 2. The van der Waals surface area contributed by atoms with Crippen LogP contribution in [-0.2, 0) is 14.4 Å². The SMILES string of the molecule is COc1ccc2cc([C@H](C)C(=O)NNC(=O)C(=O)NC3CC3)ccc2c1. The van der Waals surface area contributed by atoms with Crippen LogP contribution in [-0.4, -0.2) is 30.9 Å². The van der Waals surface area contributed by atoms with Crippen molar-refractivity contribution in [3.63, 3.8) is 0 Å². The summed E-state index contributed by atoms with van der Waals surface area (Å²) in [7, 11) is 1.61. The summed E-state index contributed by atoms with van der Waals surface area (Å²) in [6.07, 6.45) is 1.77. The normalized spacial score (nSPS) is 14.4. The van der Waals surface area contributed by atoms with Gasteiger partial charge in [-0.05, 0) is 48.2 Å². The first kappa shape index (κ1) is 17.7. The first-order valence-corrected chi connectivity index (χ1v) is 8.46. The summed E-state index contributed by atoms with van der Waals surface area (Å²) in [6, 6.07) is 11.5. The summed E-state index contributed by atoms with van der Waals surface area (Å²) in [4.78, 5) is 35.5. The molecule has 7 nitrogen and oxygen atoms in total. The maximum absolute atomic E-state index is 12.3.